The van der Waals surface area contributed by atoms with Crippen LogP contribution in [0.1, 0.15) is 27.4 Å². The van der Waals surface area contributed by atoms with E-state index in [1.807, 2.05) is 6.07 Å². The van der Waals surface area contributed by atoms with E-state index in [1.165, 1.54) is 23.1 Å². The molecule has 1 N–H and O–H groups in total. The lowest BCUT2D eigenvalue weighted by Crippen LogP contribution is -2.23. The number of sulfonamides is 1. The standard InChI is InChI=1S/C15H21N5O4S3/c1-27(22,23)16-7-6-12-4-5-14(26-12)13(21)10-25-15-17-18-19-20(15)9-11-3-2-8-24-11/h4-5,11,16H,2-3,6-10H2,1H3. The Hall–Kier alpha value is -1.34. The average molecular weight is 432 g/mol. The number of nitrogens with zero attached hydrogens (tertiary/aromatic N) is 4. The number of ether oxygens (including phenoxy) is 1. The van der Waals surface area contributed by atoms with Gasteiger partial charge in [-0.1, -0.05) is 11.8 Å². The molecule has 1 saturated heterocycles. The van der Waals surface area contributed by atoms with E-state index in [0.717, 1.165) is 30.6 Å². The summed E-state index contributed by atoms with van der Waals surface area (Å²) < 4.78 is 31.9. The van der Waals surface area contributed by atoms with Crippen molar-refractivity contribution < 1.29 is 17.9 Å². The number of tetrazole rings is 1. The van der Waals surface area contributed by atoms with Crippen molar-refractivity contribution in [3.8, 4) is 0 Å². The van der Waals surface area contributed by atoms with Gasteiger partial charge >= 0.3 is 0 Å². The first-order chi connectivity index (χ1) is 12.9. The Labute approximate surface area is 165 Å². The average Bonchev–Trinajstić information content (AvgIpc) is 3.34. The van der Waals surface area contributed by atoms with Crippen LogP contribution in [0.5, 0.6) is 0 Å². The van der Waals surface area contributed by atoms with E-state index in [9.17, 15) is 13.2 Å². The van der Waals surface area contributed by atoms with E-state index < -0.39 is 10.0 Å². The van der Waals surface area contributed by atoms with Gasteiger partial charge in [0.05, 0.1) is 29.5 Å². The maximum atomic E-state index is 12.4. The fourth-order valence-electron chi connectivity index (χ4n) is 2.62. The van der Waals surface area contributed by atoms with Crippen LogP contribution in [0.4, 0.5) is 0 Å². The van der Waals surface area contributed by atoms with E-state index in [4.69, 9.17) is 4.74 Å². The number of hydrogen-bond acceptors (Lipinski definition) is 9. The molecule has 2 aromatic rings. The van der Waals surface area contributed by atoms with Gasteiger partial charge in [0, 0.05) is 18.0 Å². The molecule has 9 nitrogen and oxygen atoms in total. The van der Waals surface area contributed by atoms with Gasteiger partial charge < -0.3 is 4.74 Å². The van der Waals surface area contributed by atoms with Crippen molar-refractivity contribution in [1.82, 2.24) is 24.9 Å². The highest BCUT2D eigenvalue weighted by Crippen LogP contribution is 2.22. The zero-order valence-corrected chi connectivity index (χ0v) is 17.3. The molecule has 2 aromatic heterocycles. The first kappa shape index (κ1) is 20.4. The normalized spacial score (nSPS) is 17.4. The van der Waals surface area contributed by atoms with E-state index in [2.05, 4.69) is 20.2 Å². The van der Waals surface area contributed by atoms with Crippen LogP contribution in [-0.2, 0) is 27.7 Å². The van der Waals surface area contributed by atoms with Crippen molar-refractivity contribution in [2.24, 2.45) is 0 Å². The van der Waals surface area contributed by atoms with Gasteiger partial charge in [-0.15, -0.1) is 16.4 Å². The highest BCUT2D eigenvalue weighted by Gasteiger charge is 2.20. The van der Waals surface area contributed by atoms with Crippen molar-refractivity contribution in [3.05, 3.63) is 21.9 Å². The number of ketones is 1. The molecule has 3 rings (SSSR count). The number of carbonyl (C=O) groups excluding carboxylic acids is 1. The largest absolute Gasteiger partial charge is 0.376 e. The molecular formula is C15H21N5O4S3. The summed E-state index contributed by atoms with van der Waals surface area (Å²) in [5, 5.41) is 12.3. The van der Waals surface area contributed by atoms with E-state index in [-0.39, 0.29) is 17.6 Å². The third kappa shape index (κ3) is 6.35. The molecule has 0 amide bonds. The van der Waals surface area contributed by atoms with Crippen LogP contribution in [0, 0.1) is 0 Å². The molecular weight excluding hydrogens is 410 g/mol. The maximum absolute atomic E-state index is 12.4. The minimum atomic E-state index is -3.20. The quantitative estimate of drug-likeness (QED) is 0.437. The SMILES string of the molecule is CS(=O)(=O)NCCc1ccc(C(=O)CSc2nnnn2CC2CCCO2)s1. The summed E-state index contributed by atoms with van der Waals surface area (Å²) in [6.07, 6.45) is 3.85. The van der Waals surface area contributed by atoms with Gasteiger partial charge in [0.1, 0.15) is 0 Å². The first-order valence-electron chi connectivity index (χ1n) is 8.48. The Kier molecular flexibility index (Phi) is 6.98. The number of carbonyl (C=O) groups is 1. The molecule has 0 saturated carbocycles. The Morgan fingerprint density at radius 2 is 2.33 bits per heavy atom. The molecule has 1 fully saturated rings. The molecule has 12 heteroatoms. The Balaban J connectivity index is 1.49. The predicted octanol–water partition coefficient (Wildman–Crippen LogP) is 0.980. The van der Waals surface area contributed by atoms with Gasteiger partial charge in [-0.3, -0.25) is 4.79 Å². The van der Waals surface area contributed by atoms with Crippen molar-refractivity contribution in [2.75, 3.05) is 25.2 Å². The number of thioether (sulfide) groups is 1. The number of rotatable bonds is 10. The molecule has 27 heavy (non-hydrogen) atoms. The molecule has 0 radical (unpaired) electrons. The maximum Gasteiger partial charge on any atom is 0.209 e. The van der Waals surface area contributed by atoms with Crippen molar-refractivity contribution in [3.63, 3.8) is 0 Å². The second kappa shape index (κ2) is 9.24. The van der Waals surface area contributed by atoms with E-state index in [1.54, 1.807) is 10.7 Å². The minimum absolute atomic E-state index is 0.000936. The lowest BCUT2D eigenvalue weighted by atomic mass is 10.2. The highest BCUT2D eigenvalue weighted by atomic mass is 32.2. The van der Waals surface area contributed by atoms with Gasteiger partial charge in [0.25, 0.3) is 0 Å². The highest BCUT2D eigenvalue weighted by molar-refractivity contribution is 7.99. The first-order valence-corrected chi connectivity index (χ1v) is 12.2. The molecule has 1 aliphatic rings. The van der Waals surface area contributed by atoms with Gasteiger partial charge in [0.15, 0.2) is 5.78 Å². The molecule has 0 bridgehead atoms. The molecule has 1 aliphatic heterocycles. The summed E-state index contributed by atoms with van der Waals surface area (Å²) in [5.74, 6) is 0.243. The predicted molar refractivity (Wildman–Crippen MR) is 103 cm³/mol. The third-order valence-electron chi connectivity index (χ3n) is 3.90. The van der Waals surface area contributed by atoms with Gasteiger partial charge in [-0.05, 0) is 41.8 Å². The summed E-state index contributed by atoms with van der Waals surface area (Å²) in [6, 6.07) is 3.63. The summed E-state index contributed by atoms with van der Waals surface area (Å²) in [4.78, 5) is 14.0. The zero-order valence-electron chi connectivity index (χ0n) is 14.8. The van der Waals surface area contributed by atoms with Gasteiger partial charge in [-0.2, -0.15) is 0 Å². The summed E-state index contributed by atoms with van der Waals surface area (Å²) in [5.41, 5.74) is 0. The lowest BCUT2D eigenvalue weighted by Gasteiger charge is -2.09. The Morgan fingerprint density at radius 1 is 1.48 bits per heavy atom. The Morgan fingerprint density at radius 3 is 3.07 bits per heavy atom. The van der Waals surface area contributed by atoms with E-state index >= 15 is 0 Å². The second-order valence-corrected chi connectivity index (χ2v) is 10.1. The topological polar surface area (TPSA) is 116 Å². The molecule has 0 aromatic carbocycles. The van der Waals surface area contributed by atoms with Crippen molar-refractivity contribution in [2.45, 2.75) is 37.1 Å². The molecule has 3 heterocycles. The van der Waals surface area contributed by atoms with Crippen LogP contribution in [0.15, 0.2) is 17.3 Å². The molecule has 0 spiro atoms. The van der Waals surface area contributed by atoms with Crippen LogP contribution in [-0.4, -0.2) is 65.7 Å². The second-order valence-electron chi connectivity index (χ2n) is 6.17. The fraction of sp³-hybridized carbons (Fsp3) is 0.600. The summed E-state index contributed by atoms with van der Waals surface area (Å²) in [6.45, 7) is 1.69. The smallest absolute Gasteiger partial charge is 0.209 e. The van der Waals surface area contributed by atoms with Crippen LogP contribution < -0.4 is 4.72 Å². The monoisotopic (exact) mass is 431 g/mol. The van der Waals surface area contributed by atoms with Crippen LogP contribution in [0.2, 0.25) is 0 Å². The van der Waals surface area contributed by atoms with Crippen molar-refractivity contribution in [1.29, 1.82) is 0 Å². The Bertz CT molecular complexity index is 874. The molecule has 1 atom stereocenters. The number of thiophene rings is 1. The number of Topliss-reactive ketones (excluding diaryl/α,β-unsaturated/α-hetero) is 1. The lowest BCUT2D eigenvalue weighted by molar-refractivity contribution is 0.0912. The van der Waals surface area contributed by atoms with Gasteiger partial charge in [0.2, 0.25) is 15.2 Å². The zero-order chi connectivity index (χ0) is 19.3. The molecule has 148 valence electrons. The molecule has 0 aliphatic carbocycles. The summed E-state index contributed by atoms with van der Waals surface area (Å²) in [7, 11) is -3.20. The van der Waals surface area contributed by atoms with Crippen LogP contribution in [0.25, 0.3) is 0 Å². The summed E-state index contributed by atoms with van der Waals surface area (Å²) >= 11 is 2.69. The fourth-order valence-corrected chi connectivity index (χ4v) is 4.90. The number of aromatic nitrogens is 4. The number of hydrogen-bond donors (Lipinski definition) is 1. The third-order valence-corrected chi connectivity index (χ3v) is 6.78. The van der Waals surface area contributed by atoms with E-state index in [0.29, 0.717) is 29.5 Å². The molecule has 1 unspecified atom stereocenters. The van der Waals surface area contributed by atoms with Crippen LogP contribution in [0.3, 0.4) is 0 Å². The van der Waals surface area contributed by atoms with Crippen molar-refractivity contribution >= 4 is 38.9 Å². The minimum Gasteiger partial charge on any atom is -0.376 e. The van der Waals surface area contributed by atoms with Crippen LogP contribution >= 0.6 is 23.1 Å². The number of nitrogens with one attached hydrogen (secondary N) is 1. The van der Waals surface area contributed by atoms with Gasteiger partial charge in [-0.25, -0.2) is 17.8 Å².